The van der Waals surface area contributed by atoms with Gasteiger partial charge in [-0.15, -0.1) is 11.8 Å². The van der Waals surface area contributed by atoms with Crippen LogP contribution in [0.5, 0.6) is 0 Å². The first-order valence-electron chi connectivity index (χ1n) is 8.75. The molecule has 0 spiro atoms. The number of hydrogen-bond acceptors (Lipinski definition) is 6. The summed E-state index contributed by atoms with van der Waals surface area (Å²) in [7, 11) is 0. The molecule has 1 saturated heterocycles. The minimum absolute atomic E-state index is 0.0377. The fourth-order valence-corrected chi connectivity index (χ4v) is 4.42. The van der Waals surface area contributed by atoms with Crippen LogP contribution in [0.4, 0.5) is 5.69 Å². The topological polar surface area (TPSA) is 79.5 Å². The van der Waals surface area contributed by atoms with Crippen molar-refractivity contribution in [2.75, 3.05) is 23.7 Å². The summed E-state index contributed by atoms with van der Waals surface area (Å²) in [6.07, 6.45) is 2.75. The van der Waals surface area contributed by atoms with Gasteiger partial charge in [0.25, 0.3) is 0 Å². The molecule has 3 heterocycles. The molecular formula is C18H20N4O3S. The van der Waals surface area contributed by atoms with E-state index in [2.05, 4.69) is 10.1 Å². The van der Waals surface area contributed by atoms with Crippen LogP contribution in [0.25, 0.3) is 0 Å². The molecule has 1 atom stereocenters. The lowest BCUT2D eigenvalue weighted by atomic mass is 10.0. The Morgan fingerprint density at radius 2 is 2.19 bits per heavy atom. The molecule has 8 heteroatoms. The standard InChI is InChI=1S/C18H20N4O3S/c1-12-19-18(25-20-12)14-7-4-5-9-21(14)16(23)10-22-13-6-2-3-8-15(13)26-11-17(22)24/h2-3,6,8,14H,4-5,7,9-11H2,1H3/t14-/m0/s1. The molecule has 1 aromatic heterocycles. The molecule has 136 valence electrons. The van der Waals surface area contributed by atoms with Crippen molar-refractivity contribution in [2.24, 2.45) is 0 Å². The molecule has 0 saturated carbocycles. The maximum Gasteiger partial charge on any atom is 0.249 e. The Morgan fingerprint density at radius 1 is 1.35 bits per heavy atom. The zero-order valence-electron chi connectivity index (χ0n) is 14.6. The Bertz CT molecular complexity index is 837. The molecule has 2 aliphatic heterocycles. The number of likely N-dealkylation sites (tertiary alicyclic amines) is 1. The van der Waals surface area contributed by atoms with E-state index in [0.717, 1.165) is 29.8 Å². The van der Waals surface area contributed by atoms with E-state index in [-0.39, 0.29) is 24.4 Å². The third kappa shape index (κ3) is 3.21. The van der Waals surface area contributed by atoms with Gasteiger partial charge in [0.05, 0.1) is 11.4 Å². The highest BCUT2D eigenvalue weighted by molar-refractivity contribution is 8.00. The average molecular weight is 372 g/mol. The number of thioether (sulfide) groups is 1. The van der Waals surface area contributed by atoms with Crippen molar-refractivity contribution in [1.82, 2.24) is 15.0 Å². The summed E-state index contributed by atoms with van der Waals surface area (Å²) in [5, 5.41) is 3.85. The van der Waals surface area contributed by atoms with Crippen LogP contribution in [0.1, 0.15) is 37.0 Å². The third-order valence-corrected chi connectivity index (χ3v) is 5.80. The first-order chi connectivity index (χ1) is 12.6. The Labute approximate surface area is 155 Å². The van der Waals surface area contributed by atoms with Crippen molar-refractivity contribution in [1.29, 1.82) is 0 Å². The maximum absolute atomic E-state index is 13.0. The number of rotatable bonds is 3. The highest BCUT2D eigenvalue weighted by Crippen LogP contribution is 2.35. The normalized spacial score (nSPS) is 20.2. The van der Waals surface area contributed by atoms with E-state index in [1.165, 1.54) is 11.8 Å². The van der Waals surface area contributed by atoms with Crippen molar-refractivity contribution in [3.05, 3.63) is 36.0 Å². The zero-order valence-corrected chi connectivity index (χ0v) is 15.4. The van der Waals surface area contributed by atoms with Crippen LogP contribution in [0.3, 0.4) is 0 Å². The maximum atomic E-state index is 13.0. The van der Waals surface area contributed by atoms with Gasteiger partial charge in [-0.25, -0.2) is 0 Å². The lowest BCUT2D eigenvalue weighted by Crippen LogP contribution is -2.47. The van der Waals surface area contributed by atoms with Crippen LogP contribution in [0.15, 0.2) is 33.7 Å². The van der Waals surface area contributed by atoms with Gasteiger partial charge >= 0.3 is 0 Å². The molecule has 0 bridgehead atoms. The van der Waals surface area contributed by atoms with E-state index >= 15 is 0 Å². The minimum Gasteiger partial charge on any atom is -0.337 e. The molecule has 2 amide bonds. The molecule has 0 unspecified atom stereocenters. The van der Waals surface area contributed by atoms with E-state index in [1.807, 2.05) is 24.3 Å². The van der Waals surface area contributed by atoms with Gasteiger partial charge in [-0.05, 0) is 38.3 Å². The number of hydrogen-bond donors (Lipinski definition) is 0. The number of fused-ring (bicyclic) bond motifs is 1. The largest absolute Gasteiger partial charge is 0.337 e. The van der Waals surface area contributed by atoms with Gasteiger partial charge in [-0.2, -0.15) is 4.98 Å². The zero-order chi connectivity index (χ0) is 18.1. The Balaban J connectivity index is 1.56. The predicted octanol–water partition coefficient (Wildman–Crippen LogP) is 2.57. The molecule has 1 fully saturated rings. The highest BCUT2D eigenvalue weighted by Gasteiger charge is 2.34. The number of amides is 2. The molecule has 7 nitrogen and oxygen atoms in total. The first kappa shape index (κ1) is 17.1. The van der Waals surface area contributed by atoms with Crippen LogP contribution < -0.4 is 4.90 Å². The number of benzene rings is 1. The number of aromatic nitrogens is 2. The lowest BCUT2D eigenvalue weighted by Gasteiger charge is -2.36. The fourth-order valence-electron chi connectivity index (χ4n) is 3.49. The molecule has 0 N–H and O–H groups in total. The molecule has 4 rings (SSSR count). The number of anilines is 1. The minimum atomic E-state index is -0.207. The third-order valence-electron chi connectivity index (χ3n) is 4.75. The van der Waals surface area contributed by atoms with Crippen molar-refractivity contribution in [2.45, 2.75) is 37.1 Å². The van der Waals surface area contributed by atoms with Gasteiger partial charge in [0.1, 0.15) is 12.6 Å². The summed E-state index contributed by atoms with van der Waals surface area (Å²) in [5.41, 5.74) is 0.810. The SMILES string of the molecule is Cc1noc([C@@H]2CCCCN2C(=O)CN2C(=O)CSc3ccccc32)n1. The first-order valence-corrected chi connectivity index (χ1v) is 9.74. The van der Waals surface area contributed by atoms with Crippen molar-refractivity contribution in [3.8, 4) is 0 Å². The van der Waals surface area contributed by atoms with Crippen LogP contribution in [-0.4, -0.2) is 45.7 Å². The Hall–Kier alpha value is -2.35. The second kappa shape index (κ2) is 7.11. The molecular weight excluding hydrogens is 352 g/mol. The summed E-state index contributed by atoms with van der Waals surface area (Å²) in [4.78, 5) is 34.2. The van der Waals surface area contributed by atoms with Crippen LogP contribution in [0.2, 0.25) is 0 Å². The highest BCUT2D eigenvalue weighted by atomic mass is 32.2. The van der Waals surface area contributed by atoms with Gasteiger partial charge in [-0.3, -0.25) is 9.59 Å². The number of carbonyl (C=O) groups is 2. The summed E-state index contributed by atoms with van der Waals surface area (Å²) in [6, 6.07) is 7.50. The van der Waals surface area contributed by atoms with Crippen LogP contribution in [-0.2, 0) is 9.59 Å². The van der Waals surface area contributed by atoms with Crippen molar-refractivity contribution < 1.29 is 14.1 Å². The van der Waals surface area contributed by atoms with E-state index in [1.54, 1.807) is 16.7 Å². The van der Waals surface area contributed by atoms with Crippen molar-refractivity contribution >= 4 is 29.3 Å². The summed E-state index contributed by atoms with van der Waals surface area (Å²) < 4.78 is 5.31. The van der Waals surface area contributed by atoms with Crippen LogP contribution in [0, 0.1) is 6.92 Å². The van der Waals surface area contributed by atoms with Gasteiger partial charge < -0.3 is 14.3 Å². The summed E-state index contributed by atoms with van der Waals surface area (Å²) >= 11 is 1.51. The van der Waals surface area contributed by atoms with E-state index < -0.39 is 0 Å². The smallest absolute Gasteiger partial charge is 0.249 e. The fraction of sp³-hybridized carbons (Fsp3) is 0.444. The number of para-hydroxylation sites is 1. The van der Waals surface area contributed by atoms with E-state index in [4.69, 9.17) is 4.52 Å². The molecule has 26 heavy (non-hydrogen) atoms. The molecule has 0 aliphatic carbocycles. The number of nitrogens with zero attached hydrogens (tertiary/aromatic N) is 4. The number of piperidine rings is 1. The van der Waals surface area contributed by atoms with Crippen LogP contribution >= 0.6 is 11.8 Å². The van der Waals surface area contributed by atoms with E-state index in [9.17, 15) is 9.59 Å². The monoisotopic (exact) mass is 372 g/mol. The molecule has 2 aromatic rings. The second-order valence-corrected chi connectivity index (χ2v) is 7.53. The Morgan fingerprint density at radius 3 is 3.00 bits per heavy atom. The molecule has 0 radical (unpaired) electrons. The summed E-state index contributed by atoms with van der Waals surface area (Å²) in [5.74, 6) is 1.28. The molecule has 2 aliphatic rings. The average Bonchev–Trinajstić information content (AvgIpc) is 3.10. The van der Waals surface area contributed by atoms with Gasteiger partial charge in [0.2, 0.25) is 17.7 Å². The molecule has 1 aromatic carbocycles. The number of carbonyl (C=O) groups excluding carboxylic acids is 2. The van der Waals surface area contributed by atoms with Crippen molar-refractivity contribution in [3.63, 3.8) is 0 Å². The Kier molecular flexibility index (Phi) is 4.67. The van der Waals surface area contributed by atoms with Gasteiger partial charge in [0.15, 0.2) is 5.82 Å². The van der Waals surface area contributed by atoms with Gasteiger partial charge in [0, 0.05) is 11.4 Å². The quantitative estimate of drug-likeness (QED) is 0.824. The van der Waals surface area contributed by atoms with Gasteiger partial charge in [-0.1, -0.05) is 17.3 Å². The lowest BCUT2D eigenvalue weighted by molar-refractivity contribution is -0.135. The predicted molar refractivity (Wildman–Crippen MR) is 96.9 cm³/mol. The second-order valence-electron chi connectivity index (χ2n) is 6.51. The van der Waals surface area contributed by atoms with E-state index in [0.29, 0.717) is 24.0 Å². The number of aryl methyl sites for hydroxylation is 1. The summed E-state index contributed by atoms with van der Waals surface area (Å²) in [6.45, 7) is 2.45.